The van der Waals surface area contributed by atoms with Gasteiger partial charge in [-0.25, -0.2) is 15.0 Å². The van der Waals surface area contributed by atoms with E-state index in [1.54, 1.807) is 6.20 Å². The Morgan fingerprint density at radius 3 is 2.92 bits per heavy atom. The van der Waals surface area contributed by atoms with Crippen LogP contribution in [0.25, 0.3) is 11.2 Å². The number of nitrogens with zero attached hydrogens (tertiary/aromatic N) is 4. The number of anilines is 1. The number of hydrogen-bond acceptors (Lipinski definition) is 4. The number of imidazole rings is 1. The maximum Gasteiger partial charge on any atom is 0.259 e. The van der Waals surface area contributed by atoms with Crippen molar-refractivity contribution >= 4 is 22.9 Å². The van der Waals surface area contributed by atoms with Gasteiger partial charge in [0, 0.05) is 24.9 Å². The minimum atomic E-state index is -0.189. The van der Waals surface area contributed by atoms with E-state index < -0.39 is 0 Å². The van der Waals surface area contributed by atoms with Gasteiger partial charge in [0.25, 0.3) is 5.91 Å². The van der Waals surface area contributed by atoms with Gasteiger partial charge in [0.1, 0.15) is 17.2 Å². The monoisotopic (exact) mass is 335 g/mol. The number of carbonyl (C=O) groups excluding carboxylic acids is 1. The van der Waals surface area contributed by atoms with Crippen LogP contribution in [0.3, 0.4) is 0 Å². The highest BCUT2D eigenvalue weighted by atomic mass is 16.1. The van der Waals surface area contributed by atoms with Crippen LogP contribution >= 0.6 is 0 Å². The average Bonchev–Trinajstić information content (AvgIpc) is 2.78. The SMILES string of the molecule is Cc1cc(C(=O)Nc2ncccc2C)c2nc3n(c2n1)CCCCC3. The number of fused-ring (bicyclic) bond motifs is 3. The average molecular weight is 335 g/mol. The Bertz CT molecular complexity index is 960. The molecule has 0 radical (unpaired) electrons. The summed E-state index contributed by atoms with van der Waals surface area (Å²) in [6.07, 6.45) is 6.09. The Morgan fingerprint density at radius 1 is 1.20 bits per heavy atom. The van der Waals surface area contributed by atoms with Crippen molar-refractivity contribution in [1.29, 1.82) is 0 Å². The first-order valence-corrected chi connectivity index (χ1v) is 8.73. The number of hydrogen-bond donors (Lipinski definition) is 1. The molecule has 0 unspecified atom stereocenters. The predicted molar refractivity (Wildman–Crippen MR) is 96.7 cm³/mol. The van der Waals surface area contributed by atoms with Crippen LogP contribution in [-0.4, -0.2) is 25.4 Å². The fraction of sp³-hybridized carbons (Fsp3) is 0.368. The molecular formula is C19H21N5O. The van der Waals surface area contributed by atoms with Crippen LogP contribution in [0.4, 0.5) is 5.82 Å². The van der Waals surface area contributed by atoms with Crippen LogP contribution in [-0.2, 0) is 13.0 Å². The van der Waals surface area contributed by atoms with Crippen LogP contribution < -0.4 is 5.32 Å². The van der Waals surface area contributed by atoms with E-state index in [1.165, 1.54) is 6.42 Å². The molecule has 128 valence electrons. The fourth-order valence-electron chi connectivity index (χ4n) is 3.38. The van der Waals surface area contributed by atoms with Crippen LogP contribution in [0.15, 0.2) is 24.4 Å². The van der Waals surface area contributed by atoms with Gasteiger partial charge >= 0.3 is 0 Å². The normalized spacial score (nSPS) is 14.2. The highest BCUT2D eigenvalue weighted by Crippen LogP contribution is 2.24. The van der Waals surface area contributed by atoms with E-state index in [0.29, 0.717) is 16.9 Å². The molecule has 0 atom stereocenters. The number of pyridine rings is 2. The lowest BCUT2D eigenvalue weighted by Crippen LogP contribution is -2.15. The zero-order valence-electron chi connectivity index (χ0n) is 14.5. The number of carbonyl (C=O) groups is 1. The maximum atomic E-state index is 12.9. The molecule has 0 fully saturated rings. The lowest BCUT2D eigenvalue weighted by atomic mass is 10.1. The molecule has 0 spiro atoms. The molecule has 0 aromatic carbocycles. The highest BCUT2D eigenvalue weighted by Gasteiger charge is 2.21. The van der Waals surface area contributed by atoms with Crippen LogP contribution in [0, 0.1) is 13.8 Å². The highest BCUT2D eigenvalue weighted by molar-refractivity contribution is 6.11. The van der Waals surface area contributed by atoms with E-state index in [0.717, 1.165) is 48.5 Å². The summed E-state index contributed by atoms with van der Waals surface area (Å²) in [4.78, 5) is 26.6. The number of amides is 1. The van der Waals surface area contributed by atoms with Crippen molar-refractivity contribution in [2.24, 2.45) is 0 Å². The van der Waals surface area contributed by atoms with Gasteiger partial charge in [0.05, 0.1) is 5.56 Å². The predicted octanol–water partition coefficient (Wildman–Crippen LogP) is 3.42. The van der Waals surface area contributed by atoms with E-state index in [2.05, 4.69) is 19.9 Å². The molecule has 6 nitrogen and oxygen atoms in total. The van der Waals surface area contributed by atoms with Gasteiger partial charge in [0.15, 0.2) is 5.65 Å². The van der Waals surface area contributed by atoms with Gasteiger partial charge in [-0.1, -0.05) is 12.5 Å². The Kier molecular flexibility index (Phi) is 3.95. The fourth-order valence-corrected chi connectivity index (χ4v) is 3.38. The van der Waals surface area contributed by atoms with Crippen molar-refractivity contribution in [3.8, 4) is 0 Å². The molecule has 1 aliphatic rings. The lowest BCUT2D eigenvalue weighted by Gasteiger charge is -2.09. The van der Waals surface area contributed by atoms with E-state index in [9.17, 15) is 4.79 Å². The summed E-state index contributed by atoms with van der Waals surface area (Å²) in [6.45, 7) is 4.76. The van der Waals surface area contributed by atoms with E-state index in [1.807, 2.05) is 32.0 Å². The molecule has 1 N–H and O–H groups in total. The molecule has 1 aliphatic heterocycles. The van der Waals surface area contributed by atoms with Crippen molar-refractivity contribution in [3.63, 3.8) is 0 Å². The molecule has 3 aromatic heterocycles. The smallest absolute Gasteiger partial charge is 0.259 e. The van der Waals surface area contributed by atoms with Crippen LogP contribution in [0.1, 0.15) is 46.7 Å². The van der Waals surface area contributed by atoms with Gasteiger partial charge in [-0.05, 0) is 44.4 Å². The lowest BCUT2D eigenvalue weighted by molar-refractivity contribution is 0.102. The minimum Gasteiger partial charge on any atom is -0.313 e. The number of aromatic nitrogens is 4. The topological polar surface area (TPSA) is 72.7 Å². The first-order valence-electron chi connectivity index (χ1n) is 8.73. The molecule has 4 heterocycles. The minimum absolute atomic E-state index is 0.189. The largest absolute Gasteiger partial charge is 0.313 e. The zero-order chi connectivity index (χ0) is 17.4. The molecule has 0 saturated carbocycles. The molecule has 0 aliphatic carbocycles. The Hall–Kier alpha value is -2.76. The van der Waals surface area contributed by atoms with Crippen molar-refractivity contribution in [2.45, 2.75) is 46.1 Å². The van der Waals surface area contributed by atoms with Crippen LogP contribution in [0.2, 0.25) is 0 Å². The molecule has 4 rings (SSSR count). The summed E-state index contributed by atoms with van der Waals surface area (Å²) in [7, 11) is 0. The molecule has 25 heavy (non-hydrogen) atoms. The third-order valence-corrected chi connectivity index (χ3v) is 4.68. The number of aryl methyl sites for hydroxylation is 4. The number of nitrogens with one attached hydrogen (secondary N) is 1. The van der Waals surface area contributed by atoms with Gasteiger partial charge in [0.2, 0.25) is 0 Å². The molecular weight excluding hydrogens is 314 g/mol. The Balaban J connectivity index is 1.79. The summed E-state index contributed by atoms with van der Waals surface area (Å²) < 4.78 is 2.18. The molecule has 3 aromatic rings. The van der Waals surface area contributed by atoms with E-state index in [4.69, 9.17) is 4.98 Å². The summed E-state index contributed by atoms with van der Waals surface area (Å²) in [6, 6.07) is 5.59. The first kappa shape index (κ1) is 15.7. The molecule has 0 bridgehead atoms. The molecule has 6 heteroatoms. The van der Waals surface area contributed by atoms with Crippen molar-refractivity contribution in [1.82, 2.24) is 19.5 Å². The van der Waals surface area contributed by atoms with Gasteiger partial charge in [-0.2, -0.15) is 0 Å². The third kappa shape index (κ3) is 2.88. The van der Waals surface area contributed by atoms with Crippen molar-refractivity contribution < 1.29 is 4.79 Å². The molecule has 0 saturated heterocycles. The van der Waals surface area contributed by atoms with Gasteiger partial charge in [-0.15, -0.1) is 0 Å². The van der Waals surface area contributed by atoms with Crippen molar-refractivity contribution in [2.75, 3.05) is 5.32 Å². The quantitative estimate of drug-likeness (QED) is 0.779. The van der Waals surface area contributed by atoms with Crippen molar-refractivity contribution in [3.05, 3.63) is 47.0 Å². The Morgan fingerprint density at radius 2 is 2.08 bits per heavy atom. The third-order valence-electron chi connectivity index (χ3n) is 4.68. The van der Waals surface area contributed by atoms with Gasteiger partial charge in [-0.3, -0.25) is 4.79 Å². The summed E-state index contributed by atoms with van der Waals surface area (Å²) in [5.41, 5.74) is 3.82. The number of rotatable bonds is 2. The van der Waals surface area contributed by atoms with Gasteiger partial charge < -0.3 is 9.88 Å². The zero-order valence-corrected chi connectivity index (χ0v) is 14.5. The second-order valence-corrected chi connectivity index (χ2v) is 6.60. The summed E-state index contributed by atoms with van der Waals surface area (Å²) >= 11 is 0. The maximum absolute atomic E-state index is 12.9. The summed E-state index contributed by atoms with van der Waals surface area (Å²) in [5.74, 6) is 1.43. The first-order chi connectivity index (χ1) is 12.1. The van der Waals surface area contributed by atoms with E-state index in [-0.39, 0.29) is 5.91 Å². The standard InChI is InChI=1S/C19H21N5O/c1-12-7-6-9-20-17(12)23-19(25)14-11-13(2)21-18-16(14)22-15-8-4-3-5-10-24(15)18/h6-7,9,11H,3-5,8,10H2,1-2H3,(H,20,23,25). The summed E-state index contributed by atoms with van der Waals surface area (Å²) in [5, 5.41) is 2.91. The van der Waals surface area contributed by atoms with Crippen LogP contribution in [0.5, 0.6) is 0 Å². The van der Waals surface area contributed by atoms with E-state index >= 15 is 0 Å². The second-order valence-electron chi connectivity index (χ2n) is 6.60. The second kappa shape index (κ2) is 6.27. The molecule has 1 amide bonds. The Labute approximate surface area is 146 Å².